The van der Waals surface area contributed by atoms with E-state index in [1.54, 1.807) is 0 Å². The maximum Gasteiger partial charge on any atom is 0.246 e. The zero-order chi connectivity index (χ0) is 18.4. The Morgan fingerprint density at radius 1 is 1.16 bits per heavy atom. The number of hydrogen-bond acceptors (Lipinski definition) is 2. The van der Waals surface area contributed by atoms with Gasteiger partial charge in [0.15, 0.2) is 0 Å². The van der Waals surface area contributed by atoms with Gasteiger partial charge < -0.3 is 10.2 Å². The SMILES string of the molecule is CN(CC(=O)Nc1ccc(F)cc1)C(=O)C=Cc1c(F)cccc1Cl. The number of benzene rings is 2. The highest BCUT2D eigenvalue weighted by Crippen LogP contribution is 2.20. The van der Waals surface area contributed by atoms with Crippen LogP contribution in [0.1, 0.15) is 5.56 Å². The first-order valence-electron chi connectivity index (χ1n) is 7.29. The summed E-state index contributed by atoms with van der Waals surface area (Å²) in [7, 11) is 1.43. The van der Waals surface area contributed by atoms with E-state index < -0.39 is 23.4 Å². The van der Waals surface area contributed by atoms with Crippen molar-refractivity contribution in [1.82, 2.24) is 4.90 Å². The van der Waals surface area contributed by atoms with Crippen molar-refractivity contribution < 1.29 is 18.4 Å². The van der Waals surface area contributed by atoms with E-state index in [0.29, 0.717) is 5.69 Å². The van der Waals surface area contributed by atoms with Gasteiger partial charge >= 0.3 is 0 Å². The number of amides is 2. The van der Waals surface area contributed by atoms with Crippen molar-refractivity contribution in [3.8, 4) is 0 Å². The molecule has 2 amide bonds. The summed E-state index contributed by atoms with van der Waals surface area (Å²) in [6.45, 7) is -0.217. The smallest absolute Gasteiger partial charge is 0.246 e. The van der Waals surface area contributed by atoms with Gasteiger partial charge in [-0.3, -0.25) is 9.59 Å². The molecule has 0 radical (unpaired) electrons. The van der Waals surface area contributed by atoms with Crippen molar-refractivity contribution >= 4 is 35.2 Å². The normalized spacial score (nSPS) is 10.7. The Labute approximate surface area is 148 Å². The average Bonchev–Trinajstić information content (AvgIpc) is 2.56. The van der Waals surface area contributed by atoms with Crippen molar-refractivity contribution in [2.24, 2.45) is 0 Å². The molecule has 0 atom stereocenters. The van der Waals surface area contributed by atoms with Crippen LogP contribution in [0, 0.1) is 11.6 Å². The quantitative estimate of drug-likeness (QED) is 0.822. The van der Waals surface area contributed by atoms with Crippen LogP contribution in [0.5, 0.6) is 0 Å². The van der Waals surface area contributed by atoms with Crippen LogP contribution in [-0.4, -0.2) is 30.3 Å². The third-order valence-corrected chi connectivity index (χ3v) is 3.61. The third-order valence-electron chi connectivity index (χ3n) is 3.28. The van der Waals surface area contributed by atoms with Gasteiger partial charge in [-0.2, -0.15) is 0 Å². The number of nitrogens with zero attached hydrogens (tertiary/aromatic N) is 1. The van der Waals surface area contributed by atoms with Crippen LogP contribution in [0.25, 0.3) is 6.08 Å². The summed E-state index contributed by atoms with van der Waals surface area (Å²) in [5.41, 5.74) is 0.516. The molecule has 0 aliphatic rings. The van der Waals surface area contributed by atoms with Gasteiger partial charge in [0.2, 0.25) is 11.8 Å². The summed E-state index contributed by atoms with van der Waals surface area (Å²) in [5, 5.41) is 2.72. The van der Waals surface area contributed by atoms with Crippen LogP contribution in [0.2, 0.25) is 5.02 Å². The number of nitrogens with one attached hydrogen (secondary N) is 1. The lowest BCUT2D eigenvalue weighted by Crippen LogP contribution is -2.33. The van der Waals surface area contributed by atoms with Gasteiger partial charge in [0.1, 0.15) is 11.6 Å². The molecule has 0 unspecified atom stereocenters. The number of carbonyl (C=O) groups is 2. The van der Waals surface area contributed by atoms with Crippen LogP contribution >= 0.6 is 11.6 Å². The second kappa shape index (κ2) is 8.39. The molecule has 0 saturated heterocycles. The number of halogens is 3. The van der Waals surface area contributed by atoms with Gasteiger partial charge in [0.05, 0.1) is 11.6 Å². The minimum Gasteiger partial charge on any atom is -0.333 e. The fourth-order valence-electron chi connectivity index (χ4n) is 1.98. The Hall–Kier alpha value is -2.73. The molecule has 2 aromatic carbocycles. The van der Waals surface area contributed by atoms with E-state index in [2.05, 4.69) is 5.32 Å². The number of hydrogen-bond donors (Lipinski definition) is 1. The summed E-state index contributed by atoms with van der Waals surface area (Å²) < 4.78 is 26.4. The maximum absolute atomic E-state index is 13.6. The summed E-state index contributed by atoms with van der Waals surface area (Å²) >= 11 is 5.87. The molecular weight excluding hydrogens is 350 g/mol. The predicted molar refractivity (Wildman–Crippen MR) is 93.1 cm³/mol. The van der Waals surface area contributed by atoms with Gasteiger partial charge in [-0.15, -0.1) is 0 Å². The molecular formula is C18H15ClF2N2O2. The van der Waals surface area contributed by atoms with Crippen molar-refractivity contribution in [3.63, 3.8) is 0 Å². The number of likely N-dealkylation sites (N-methyl/N-ethyl adjacent to an activating group) is 1. The molecule has 0 heterocycles. The molecule has 1 N–H and O–H groups in total. The number of rotatable bonds is 5. The van der Waals surface area contributed by atoms with E-state index in [4.69, 9.17) is 11.6 Å². The van der Waals surface area contributed by atoms with Crippen molar-refractivity contribution in [2.45, 2.75) is 0 Å². The summed E-state index contributed by atoms with van der Waals surface area (Å²) in [6, 6.07) is 9.45. The minimum atomic E-state index is -0.548. The van der Waals surface area contributed by atoms with E-state index in [1.807, 2.05) is 0 Å². The van der Waals surface area contributed by atoms with Crippen LogP contribution in [0.3, 0.4) is 0 Å². The molecule has 7 heteroatoms. The highest BCUT2D eigenvalue weighted by Gasteiger charge is 2.11. The molecule has 0 aromatic heterocycles. The summed E-state index contributed by atoms with van der Waals surface area (Å²) in [6.07, 6.45) is 2.39. The molecule has 4 nitrogen and oxygen atoms in total. The molecule has 0 aliphatic carbocycles. The first-order chi connectivity index (χ1) is 11.9. The Balaban J connectivity index is 1.94. The predicted octanol–water partition coefficient (Wildman–Crippen LogP) is 3.73. The molecule has 0 aliphatic heterocycles. The molecule has 2 rings (SSSR count). The second-order valence-corrected chi connectivity index (χ2v) is 5.63. The van der Waals surface area contributed by atoms with Crippen molar-refractivity contribution in [3.05, 3.63) is 70.8 Å². The largest absolute Gasteiger partial charge is 0.333 e. The minimum absolute atomic E-state index is 0.0988. The van der Waals surface area contributed by atoms with Crippen molar-refractivity contribution in [2.75, 3.05) is 18.9 Å². The lowest BCUT2D eigenvalue weighted by molar-refractivity contribution is -0.129. The molecule has 25 heavy (non-hydrogen) atoms. The van der Waals surface area contributed by atoms with Crippen LogP contribution in [-0.2, 0) is 9.59 Å². The van der Waals surface area contributed by atoms with Crippen molar-refractivity contribution in [1.29, 1.82) is 0 Å². The lowest BCUT2D eigenvalue weighted by Gasteiger charge is -2.15. The Bertz CT molecular complexity index is 787. The second-order valence-electron chi connectivity index (χ2n) is 5.22. The monoisotopic (exact) mass is 364 g/mol. The van der Waals surface area contributed by atoms with Crippen LogP contribution in [0.15, 0.2) is 48.5 Å². The zero-order valence-corrected chi connectivity index (χ0v) is 14.1. The topological polar surface area (TPSA) is 49.4 Å². The lowest BCUT2D eigenvalue weighted by atomic mass is 10.2. The Morgan fingerprint density at radius 3 is 2.48 bits per heavy atom. The third kappa shape index (κ3) is 5.39. The molecule has 0 bridgehead atoms. The van der Waals surface area contributed by atoms with E-state index >= 15 is 0 Å². The first kappa shape index (κ1) is 18.6. The van der Waals surface area contributed by atoms with E-state index in [0.717, 1.165) is 11.0 Å². The van der Waals surface area contributed by atoms with Crippen LogP contribution in [0.4, 0.5) is 14.5 Å². The maximum atomic E-state index is 13.6. The molecule has 130 valence electrons. The average molecular weight is 365 g/mol. The highest BCUT2D eigenvalue weighted by atomic mass is 35.5. The Kier molecular flexibility index (Phi) is 6.25. The highest BCUT2D eigenvalue weighted by molar-refractivity contribution is 6.32. The van der Waals surface area contributed by atoms with Gasteiger partial charge in [0, 0.05) is 24.4 Å². The molecule has 0 spiro atoms. The number of anilines is 1. The summed E-state index contributed by atoms with van der Waals surface area (Å²) in [5.74, 6) is -1.90. The zero-order valence-electron chi connectivity index (χ0n) is 13.3. The molecule has 0 saturated carbocycles. The fraction of sp³-hybridized carbons (Fsp3) is 0.111. The first-order valence-corrected chi connectivity index (χ1v) is 7.67. The fourth-order valence-corrected chi connectivity index (χ4v) is 2.20. The molecule has 0 fully saturated rings. The van der Waals surface area contributed by atoms with Gasteiger partial charge in [0.25, 0.3) is 0 Å². The van der Waals surface area contributed by atoms with Crippen LogP contribution < -0.4 is 5.32 Å². The van der Waals surface area contributed by atoms with Gasteiger partial charge in [-0.1, -0.05) is 17.7 Å². The van der Waals surface area contributed by atoms with E-state index in [9.17, 15) is 18.4 Å². The van der Waals surface area contributed by atoms with Gasteiger partial charge in [-0.25, -0.2) is 8.78 Å². The molecule has 2 aromatic rings. The van der Waals surface area contributed by atoms with E-state index in [-0.39, 0.29) is 17.1 Å². The standard InChI is InChI=1S/C18H15ClF2N2O2/c1-23(11-17(24)22-13-7-5-12(20)6-8-13)18(25)10-9-14-15(19)3-2-4-16(14)21/h2-10H,11H2,1H3,(H,22,24). The number of carbonyl (C=O) groups excluding carboxylic acids is 2. The van der Waals surface area contributed by atoms with E-state index in [1.165, 1.54) is 55.6 Å². The van der Waals surface area contributed by atoms with Gasteiger partial charge in [-0.05, 0) is 42.5 Å². The summed E-state index contributed by atoms with van der Waals surface area (Å²) in [4.78, 5) is 25.1. The Morgan fingerprint density at radius 2 is 1.84 bits per heavy atom.